The van der Waals surface area contributed by atoms with Crippen molar-refractivity contribution >= 4 is 6.34 Å². The van der Waals surface area contributed by atoms with Gasteiger partial charge in [0.2, 0.25) is 0 Å². The summed E-state index contributed by atoms with van der Waals surface area (Å²) < 4.78 is 0. The number of hydrogen-bond donors (Lipinski definition) is 4. The zero-order valence-electron chi connectivity index (χ0n) is 5.23. The van der Waals surface area contributed by atoms with Crippen LogP contribution < -0.4 is 17.3 Å². The minimum atomic E-state index is -1.06. The fraction of sp³-hybridized carbons (Fsp3) is 0.250. The summed E-state index contributed by atoms with van der Waals surface area (Å²) in [6.45, 7) is 0. The van der Waals surface area contributed by atoms with Gasteiger partial charge in [-0.25, -0.2) is 10.8 Å². The molecule has 0 aliphatic carbocycles. The molecule has 7 N–H and O–H groups in total. The second kappa shape index (κ2) is 2.16. The van der Waals surface area contributed by atoms with Crippen LogP contribution >= 0.6 is 0 Å². The molecule has 1 aliphatic heterocycles. The summed E-state index contributed by atoms with van der Waals surface area (Å²) in [6, 6.07) is 0. The number of nitrogens with zero attached hydrogens (tertiary/aromatic N) is 2. The normalized spacial score (nSPS) is 25.8. The molecule has 0 saturated carbocycles. The third kappa shape index (κ3) is 0.893. The first-order valence-corrected chi connectivity index (χ1v) is 2.63. The van der Waals surface area contributed by atoms with E-state index < -0.39 is 6.23 Å². The summed E-state index contributed by atoms with van der Waals surface area (Å²) in [6.07, 6.45) is 0.147. The third-order valence-electron chi connectivity index (χ3n) is 1.19. The second-order valence-corrected chi connectivity index (χ2v) is 1.91. The molecule has 0 saturated heterocycles. The third-order valence-corrected chi connectivity index (χ3v) is 1.19. The molecule has 0 amide bonds. The molecule has 6 heteroatoms. The summed E-state index contributed by atoms with van der Waals surface area (Å²) in [5.74, 6) is 5.30. The number of hydrogen-bond acceptors (Lipinski definition) is 6. The van der Waals surface area contributed by atoms with Crippen LogP contribution in [0.2, 0.25) is 0 Å². The van der Waals surface area contributed by atoms with E-state index in [-0.39, 0.29) is 11.5 Å². The molecule has 6 nitrogen and oxygen atoms in total. The quantitative estimate of drug-likeness (QED) is 0.282. The van der Waals surface area contributed by atoms with Crippen LogP contribution in [0.3, 0.4) is 0 Å². The topological polar surface area (TPSA) is 114 Å². The molecule has 1 unspecified atom stereocenters. The van der Waals surface area contributed by atoms with Crippen molar-refractivity contribution in [2.24, 2.45) is 22.3 Å². The standard InChI is InChI=1S/C4H9N5O/c5-2-3(6)8-1-9(7)4(2)10/h1,4,10H,5-7H2. The number of aliphatic imine (C=N–C) groups is 1. The predicted octanol–water partition coefficient (Wildman–Crippen LogP) is -2.39. The summed E-state index contributed by atoms with van der Waals surface area (Å²) in [7, 11) is 0. The van der Waals surface area contributed by atoms with E-state index in [0.29, 0.717) is 0 Å². The molecule has 1 heterocycles. The first-order chi connectivity index (χ1) is 4.63. The van der Waals surface area contributed by atoms with Crippen LogP contribution in [0.25, 0.3) is 0 Å². The minimum Gasteiger partial charge on any atom is -0.395 e. The number of aliphatic hydroxyl groups excluding tert-OH is 1. The lowest BCUT2D eigenvalue weighted by atomic mass is 10.3. The largest absolute Gasteiger partial charge is 0.395 e. The van der Waals surface area contributed by atoms with Gasteiger partial charge in [-0.15, -0.1) is 0 Å². The van der Waals surface area contributed by atoms with E-state index >= 15 is 0 Å². The van der Waals surface area contributed by atoms with Crippen LogP contribution in [0, 0.1) is 0 Å². The Morgan fingerprint density at radius 1 is 1.60 bits per heavy atom. The van der Waals surface area contributed by atoms with Gasteiger partial charge < -0.3 is 16.6 Å². The Labute approximate surface area is 57.6 Å². The van der Waals surface area contributed by atoms with E-state index in [2.05, 4.69) is 4.99 Å². The molecule has 0 radical (unpaired) electrons. The highest BCUT2D eigenvalue weighted by molar-refractivity contribution is 5.58. The Hall–Kier alpha value is -1.27. The van der Waals surface area contributed by atoms with Crippen molar-refractivity contribution < 1.29 is 5.11 Å². The molecule has 0 spiro atoms. The summed E-state index contributed by atoms with van der Waals surface area (Å²) in [4.78, 5) is 3.59. The molecule has 10 heavy (non-hydrogen) atoms. The van der Waals surface area contributed by atoms with Crippen LogP contribution in [0.4, 0.5) is 0 Å². The molecule has 0 aromatic heterocycles. The van der Waals surface area contributed by atoms with Gasteiger partial charge in [0, 0.05) is 0 Å². The Balaban J connectivity index is 2.88. The Morgan fingerprint density at radius 3 is 2.70 bits per heavy atom. The summed E-state index contributed by atoms with van der Waals surface area (Å²) in [5, 5.41) is 10.0. The van der Waals surface area contributed by atoms with Crippen molar-refractivity contribution in [3.05, 3.63) is 11.5 Å². The number of hydrazine groups is 1. The number of aliphatic hydroxyl groups is 1. The van der Waals surface area contributed by atoms with Gasteiger partial charge >= 0.3 is 0 Å². The first-order valence-electron chi connectivity index (χ1n) is 2.63. The first kappa shape index (κ1) is 6.84. The van der Waals surface area contributed by atoms with Gasteiger partial charge in [-0.1, -0.05) is 0 Å². The van der Waals surface area contributed by atoms with Crippen molar-refractivity contribution in [2.75, 3.05) is 0 Å². The second-order valence-electron chi connectivity index (χ2n) is 1.91. The molecule has 0 fully saturated rings. The molecule has 0 aromatic rings. The average molecular weight is 143 g/mol. The lowest BCUT2D eigenvalue weighted by Crippen LogP contribution is -2.46. The highest BCUT2D eigenvalue weighted by Crippen LogP contribution is 2.05. The average Bonchev–Trinajstić information content (AvgIpc) is 1.93. The molecule has 1 aliphatic rings. The molecular weight excluding hydrogens is 134 g/mol. The molecule has 56 valence electrons. The van der Waals surface area contributed by atoms with E-state index in [9.17, 15) is 0 Å². The lowest BCUT2D eigenvalue weighted by Gasteiger charge is -2.24. The van der Waals surface area contributed by atoms with Gasteiger partial charge in [-0.05, 0) is 0 Å². The van der Waals surface area contributed by atoms with E-state index in [1.165, 1.54) is 6.34 Å². The van der Waals surface area contributed by atoms with Crippen LogP contribution in [0.15, 0.2) is 16.5 Å². The summed E-state index contributed by atoms with van der Waals surface area (Å²) in [5.41, 5.74) is 10.6. The molecular formula is C4H9N5O. The molecule has 1 atom stereocenters. The SMILES string of the molecule is NC1=C(N)C(O)N(N)C=N1. The van der Waals surface area contributed by atoms with Crippen molar-refractivity contribution in [3.8, 4) is 0 Å². The number of rotatable bonds is 0. The highest BCUT2D eigenvalue weighted by Gasteiger charge is 2.18. The molecule has 1 rings (SSSR count). The summed E-state index contributed by atoms with van der Waals surface area (Å²) >= 11 is 0. The lowest BCUT2D eigenvalue weighted by molar-refractivity contribution is 0.0844. The Kier molecular flexibility index (Phi) is 1.48. The van der Waals surface area contributed by atoms with Gasteiger partial charge in [0.05, 0.1) is 0 Å². The molecule has 0 aromatic carbocycles. The van der Waals surface area contributed by atoms with Crippen molar-refractivity contribution in [1.29, 1.82) is 0 Å². The van der Waals surface area contributed by atoms with Gasteiger partial charge in [0.25, 0.3) is 0 Å². The van der Waals surface area contributed by atoms with Gasteiger partial charge in [-0.3, -0.25) is 5.01 Å². The van der Waals surface area contributed by atoms with Gasteiger partial charge in [0.15, 0.2) is 6.23 Å². The maximum absolute atomic E-state index is 9.06. The fourth-order valence-corrected chi connectivity index (χ4v) is 0.559. The zero-order valence-corrected chi connectivity index (χ0v) is 5.23. The van der Waals surface area contributed by atoms with Crippen LogP contribution in [-0.2, 0) is 0 Å². The Bertz CT molecular complexity index is 198. The number of nitrogens with two attached hydrogens (primary N) is 3. The van der Waals surface area contributed by atoms with Gasteiger partial charge in [0.1, 0.15) is 17.9 Å². The van der Waals surface area contributed by atoms with Crippen LogP contribution in [0.1, 0.15) is 0 Å². The van der Waals surface area contributed by atoms with E-state index in [4.69, 9.17) is 22.4 Å². The highest BCUT2D eigenvalue weighted by atomic mass is 16.3. The van der Waals surface area contributed by atoms with Gasteiger partial charge in [-0.2, -0.15) is 0 Å². The zero-order chi connectivity index (χ0) is 7.72. The minimum absolute atomic E-state index is 0.0741. The fourth-order valence-electron chi connectivity index (χ4n) is 0.559. The van der Waals surface area contributed by atoms with Crippen molar-refractivity contribution in [1.82, 2.24) is 5.01 Å². The van der Waals surface area contributed by atoms with E-state index in [1.54, 1.807) is 0 Å². The monoisotopic (exact) mass is 143 g/mol. The van der Waals surface area contributed by atoms with Crippen LogP contribution in [-0.4, -0.2) is 22.7 Å². The van der Waals surface area contributed by atoms with Crippen molar-refractivity contribution in [2.45, 2.75) is 6.23 Å². The Morgan fingerprint density at radius 2 is 2.20 bits per heavy atom. The van der Waals surface area contributed by atoms with E-state index in [1.807, 2.05) is 0 Å². The molecule has 0 bridgehead atoms. The van der Waals surface area contributed by atoms with Crippen LogP contribution in [0.5, 0.6) is 0 Å². The van der Waals surface area contributed by atoms with E-state index in [0.717, 1.165) is 5.01 Å². The predicted molar refractivity (Wildman–Crippen MR) is 35.9 cm³/mol. The maximum atomic E-state index is 9.06. The van der Waals surface area contributed by atoms with Crippen molar-refractivity contribution in [3.63, 3.8) is 0 Å². The maximum Gasteiger partial charge on any atom is 0.185 e. The smallest absolute Gasteiger partial charge is 0.185 e.